The van der Waals surface area contributed by atoms with Gasteiger partial charge in [-0.1, -0.05) is 65.0 Å². The van der Waals surface area contributed by atoms with Gasteiger partial charge in [0, 0.05) is 16.9 Å². The first-order valence-corrected chi connectivity index (χ1v) is 11.2. The van der Waals surface area contributed by atoms with Gasteiger partial charge in [-0.3, -0.25) is 9.59 Å². The molecule has 172 valence electrons. The third-order valence-corrected chi connectivity index (χ3v) is 5.33. The number of anilines is 2. The molecular weight excluding hydrogens is 412 g/mol. The van der Waals surface area contributed by atoms with E-state index in [4.69, 9.17) is 4.74 Å². The SMILES string of the molecule is CC(C)c1ccc(OCC(=O)Nc2cccc(NC(=O)c3ccc(C(C)(C)C)cc3)c2)cc1. The van der Waals surface area contributed by atoms with Gasteiger partial charge in [0.15, 0.2) is 6.61 Å². The van der Waals surface area contributed by atoms with Gasteiger partial charge in [-0.25, -0.2) is 0 Å². The maximum Gasteiger partial charge on any atom is 0.262 e. The summed E-state index contributed by atoms with van der Waals surface area (Å²) in [6, 6.07) is 22.4. The summed E-state index contributed by atoms with van der Waals surface area (Å²) < 4.78 is 5.58. The highest BCUT2D eigenvalue weighted by molar-refractivity contribution is 6.04. The van der Waals surface area contributed by atoms with Crippen LogP contribution < -0.4 is 15.4 Å². The molecule has 0 heterocycles. The Balaban J connectivity index is 1.55. The summed E-state index contributed by atoms with van der Waals surface area (Å²) in [5.41, 5.74) is 4.18. The number of rotatable bonds is 7. The molecule has 0 aliphatic rings. The topological polar surface area (TPSA) is 67.4 Å². The number of carbonyl (C=O) groups excluding carboxylic acids is 2. The molecule has 0 unspecified atom stereocenters. The van der Waals surface area contributed by atoms with Gasteiger partial charge in [-0.2, -0.15) is 0 Å². The molecule has 5 nitrogen and oxygen atoms in total. The average molecular weight is 445 g/mol. The van der Waals surface area contributed by atoms with Crippen molar-refractivity contribution in [2.45, 2.75) is 46.0 Å². The summed E-state index contributed by atoms with van der Waals surface area (Å²) in [5, 5.41) is 5.68. The second-order valence-electron chi connectivity index (χ2n) is 9.42. The highest BCUT2D eigenvalue weighted by Gasteiger charge is 2.14. The van der Waals surface area contributed by atoms with Crippen molar-refractivity contribution < 1.29 is 14.3 Å². The standard InChI is InChI=1S/C28H32N2O3/c1-19(2)20-11-15-25(16-12-20)33-18-26(31)29-23-7-6-8-24(17-23)30-27(32)21-9-13-22(14-10-21)28(3,4)5/h6-17,19H,18H2,1-5H3,(H,29,31)(H,30,32). The lowest BCUT2D eigenvalue weighted by Crippen LogP contribution is -2.20. The van der Waals surface area contributed by atoms with Crippen molar-refractivity contribution in [1.29, 1.82) is 0 Å². The number of amides is 2. The molecule has 0 saturated carbocycles. The monoisotopic (exact) mass is 444 g/mol. The predicted molar refractivity (Wildman–Crippen MR) is 134 cm³/mol. The Morgan fingerprint density at radius 2 is 1.45 bits per heavy atom. The fraction of sp³-hybridized carbons (Fsp3) is 0.286. The van der Waals surface area contributed by atoms with Crippen molar-refractivity contribution in [2.75, 3.05) is 17.2 Å². The number of hydrogen-bond donors (Lipinski definition) is 2. The van der Waals surface area contributed by atoms with E-state index in [0.29, 0.717) is 28.6 Å². The maximum absolute atomic E-state index is 12.6. The zero-order valence-corrected chi connectivity index (χ0v) is 19.9. The number of ether oxygens (including phenoxy) is 1. The van der Waals surface area contributed by atoms with Gasteiger partial charge in [0.25, 0.3) is 11.8 Å². The Morgan fingerprint density at radius 1 is 0.848 bits per heavy atom. The van der Waals surface area contributed by atoms with Crippen LogP contribution in [0.3, 0.4) is 0 Å². The zero-order chi connectivity index (χ0) is 24.0. The summed E-state index contributed by atoms with van der Waals surface area (Å²) in [6.07, 6.45) is 0. The molecule has 33 heavy (non-hydrogen) atoms. The average Bonchev–Trinajstić information content (AvgIpc) is 2.77. The van der Waals surface area contributed by atoms with E-state index in [9.17, 15) is 9.59 Å². The van der Waals surface area contributed by atoms with Crippen LogP contribution in [0.5, 0.6) is 5.75 Å². The fourth-order valence-electron chi connectivity index (χ4n) is 3.29. The van der Waals surface area contributed by atoms with E-state index >= 15 is 0 Å². The first-order valence-electron chi connectivity index (χ1n) is 11.2. The van der Waals surface area contributed by atoms with Gasteiger partial charge < -0.3 is 15.4 Å². The van der Waals surface area contributed by atoms with Crippen LogP contribution in [-0.2, 0) is 10.2 Å². The molecule has 3 aromatic carbocycles. The number of carbonyl (C=O) groups is 2. The molecule has 2 amide bonds. The third kappa shape index (κ3) is 6.94. The molecule has 0 bridgehead atoms. The van der Waals surface area contributed by atoms with Crippen LogP contribution in [0.2, 0.25) is 0 Å². The summed E-state index contributed by atoms with van der Waals surface area (Å²) in [6.45, 7) is 10.6. The lowest BCUT2D eigenvalue weighted by atomic mass is 9.87. The van der Waals surface area contributed by atoms with E-state index in [0.717, 1.165) is 0 Å². The van der Waals surface area contributed by atoms with Gasteiger partial charge >= 0.3 is 0 Å². The van der Waals surface area contributed by atoms with Crippen molar-refractivity contribution in [3.05, 3.63) is 89.5 Å². The predicted octanol–water partition coefficient (Wildman–Crippen LogP) is 6.38. The van der Waals surface area contributed by atoms with Gasteiger partial charge in [0.2, 0.25) is 0 Å². The van der Waals surface area contributed by atoms with Gasteiger partial charge in [-0.15, -0.1) is 0 Å². The molecule has 3 aromatic rings. The molecule has 2 N–H and O–H groups in total. The van der Waals surface area contributed by atoms with Gasteiger partial charge in [0.1, 0.15) is 5.75 Å². The van der Waals surface area contributed by atoms with E-state index in [2.05, 4.69) is 45.3 Å². The van der Waals surface area contributed by atoms with Crippen LogP contribution in [0.15, 0.2) is 72.8 Å². The lowest BCUT2D eigenvalue weighted by Gasteiger charge is -2.19. The first-order chi connectivity index (χ1) is 15.6. The minimum absolute atomic E-state index is 0.0305. The lowest BCUT2D eigenvalue weighted by molar-refractivity contribution is -0.118. The van der Waals surface area contributed by atoms with Crippen LogP contribution in [-0.4, -0.2) is 18.4 Å². The molecule has 0 atom stereocenters. The van der Waals surface area contributed by atoms with Crippen LogP contribution in [0.1, 0.15) is 62.0 Å². The Bertz CT molecular complexity index is 1100. The van der Waals surface area contributed by atoms with E-state index in [-0.39, 0.29) is 23.8 Å². The van der Waals surface area contributed by atoms with Gasteiger partial charge in [0.05, 0.1) is 0 Å². The van der Waals surface area contributed by atoms with E-state index < -0.39 is 0 Å². The second kappa shape index (κ2) is 10.3. The molecule has 0 aliphatic carbocycles. The summed E-state index contributed by atoms with van der Waals surface area (Å²) in [7, 11) is 0. The maximum atomic E-state index is 12.6. The largest absolute Gasteiger partial charge is 0.484 e. The van der Waals surface area contributed by atoms with Crippen molar-refractivity contribution >= 4 is 23.2 Å². The molecule has 0 aliphatic heterocycles. The second-order valence-corrected chi connectivity index (χ2v) is 9.42. The first kappa shape index (κ1) is 24.1. The number of hydrogen-bond acceptors (Lipinski definition) is 3. The normalized spacial score (nSPS) is 11.2. The minimum atomic E-state index is -0.274. The molecule has 0 aromatic heterocycles. The highest BCUT2D eigenvalue weighted by Crippen LogP contribution is 2.23. The van der Waals surface area contributed by atoms with Crippen molar-refractivity contribution in [3.8, 4) is 5.75 Å². The van der Waals surface area contributed by atoms with E-state index in [1.807, 2.05) is 48.5 Å². The molecule has 0 radical (unpaired) electrons. The van der Waals surface area contributed by atoms with Crippen LogP contribution in [0.4, 0.5) is 11.4 Å². The summed E-state index contributed by atoms with van der Waals surface area (Å²) >= 11 is 0. The molecular formula is C28H32N2O3. The quantitative estimate of drug-likeness (QED) is 0.444. The van der Waals surface area contributed by atoms with Crippen molar-refractivity contribution in [2.24, 2.45) is 0 Å². The highest BCUT2D eigenvalue weighted by atomic mass is 16.5. The van der Waals surface area contributed by atoms with Crippen LogP contribution in [0, 0.1) is 0 Å². The smallest absolute Gasteiger partial charge is 0.262 e. The molecule has 5 heteroatoms. The Morgan fingerprint density at radius 3 is 2.03 bits per heavy atom. The third-order valence-electron chi connectivity index (χ3n) is 5.33. The van der Waals surface area contributed by atoms with Crippen molar-refractivity contribution in [3.63, 3.8) is 0 Å². The molecule has 3 rings (SSSR count). The number of benzene rings is 3. The molecule has 0 spiro atoms. The molecule has 0 saturated heterocycles. The minimum Gasteiger partial charge on any atom is -0.484 e. The Hall–Kier alpha value is -3.60. The summed E-state index contributed by atoms with van der Waals surface area (Å²) in [4.78, 5) is 24.9. The Labute approximate surface area is 196 Å². The molecule has 0 fully saturated rings. The van der Waals surface area contributed by atoms with E-state index in [1.54, 1.807) is 24.3 Å². The van der Waals surface area contributed by atoms with E-state index in [1.165, 1.54) is 11.1 Å². The van der Waals surface area contributed by atoms with Gasteiger partial charge in [-0.05, 0) is 64.9 Å². The number of nitrogens with one attached hydrogen (secondary N) is 2. The zero-order valence-electron chi connectivity index (χ0n) is 19.9. The summed E-state index contributed by atoms with van der Waals surface area (Å²) in [5.74, 6) is 0.613. The Kier molecular flexibility index (Phi) is 7.54. The van der Waals surface area contributed by atoms with Crippen molar-refractivity contribution in [1.82, 2.24) is 0 Å². The van der Waals surface area contributed by atoms with Crippen LogP contribution >= 0.6 is 0 Å². The fourth-order valence-corrected chi connectivity index (χ4v) is 3.29. The van der Waals surface area contributed by atoms with Crippen LogP contribution in [0.25, 0.3) is 0 Å².